The number of methoxy groups -OCH3 is 1. The smallest absolute Gasteiger partial charge is 0.393 e. The minimum atomic E-state index is -4.19. The van der Waals surface area contributed by atoms with Crippen LogP contribution in [-0.2, 0) is 0 Å². The Balaban J connectivity index is 2.25. The van der Waals surface area contributed by atoms with Crippen molar-refractivity contribution in [3.63, 3.8) is 0 Å². The number of hydrogen-bond donors (Lipinski definition) is 1. The average molecular weight is 276 g/mol. The summed E-state index contributed by atoms with van der Waals surface area (Å²) in [6, 6.07) is 0. The van der Waals surface area contributed by atoms with Gasteiger partial charge in [-0.25, -0.2) is 9.97 Å². The molecule has 106 valence electrons. The summed E-state index contributed by atoms with van der Waals surface area (Å²) in [6.07, 6.45) is -2.37. The maximum Gasteiger partial charge on any atom is 0.393 e. The first-order valence-electron chi connectivity index (χ1n) is 5.89. The molecule has 0 amide bonds. The summed E-state index contributed by atoms with van der Waals surface area (Å²) in [7, 11) is 1.39. The number of nitrogens with zero attached hydrogens (tertiary/aromatic N) is 3. The second-order valence-corrected chi connectivity index (χ2v) is 4.44. The van der Waals surface area contributed by atoms with E-state index in [9.17, 15) is 13.2 Å². The van der Waals surface area contributed by atoms with Crippen molar-refractivity contribution in [3.05, 3.63) is 6.33 Å². The molecule has 2 heterocycles. The normalized spacial score (nSPS) is 20.4. The standard InChI is InChI=1S/C11H15F3N4O/c1-19-8-9(15)16-6-17-10(8)18-4-2-3-7(5-18)11(12,13)14/h6-7H,2-5H2,1H3,(H2,15,16,17). The highest BCUT2D eigenvalue weighted by Crippen LogP contribution is 2.37. The van der Waals surface area contributed by atoms with Crippen LogP contribution in [0.2, 0.25) is 0 Å². The van der Waals surface area contributed by atoms with Gasteiger partial charge in [0.25, 0.3) is 0 Å². The molecule has 1 aromatic heterocycles. The largest absolute Gasteiger partial charge is 0.490 e. The third-order valence-electron chi connectivity index (χ3n) is 3.20. The highest BCUT2D eigenvalue weighted by molar-refractivity contribution is 5.62. The first-order valence-corrected chi connectivity index (χ1v) is 5.89. The molecule has 0 radical (unpaired) electrons. The van der Waals surface area contributed by atoms with Gasteiger partial charge in [0.05, 0.1) is 13.0 Å². The third-order valence-corrected chi connectivity index (χ3v) is 3.20. The molecule has 0 saturated carbocycles. The Morgan fingerprint density at radius 2 is 2.16 bits per heavy atom. The zero-order chi connectivity index (χ0) is 14.0. The Labute approximate surface area is 108 Å². The van der Waals surface area contributed by atoms with Crippen molar-refractivity contribution >= 4 is 11.6 Å². The van der Waals surface area contributed by atoms with Crippen LogP contribution < -0.4 is 15.4 Å². The second-order valence-electron chi connectivity index (χ2n) is 4.44. The number of piperidine rings is 1. The molecule has 1 atom stereocenters. The Morgan fingerprint density at radius 1 is 1.42 bits per heavy atom. The first kappa shape index (κ1) is 13.7. The number of nitrogen functional groups attached to an aromatic ring is 1. The molecule has 1 aliphatic rings. The van der Waals surface area contributed by atoms with E-state index < -0.39 is 12.1 Å². The van der Waals surface area contributed by atoms with Crippen LogP contribution in [0.1, 0.15) is 12.8 Å². The molecule has 1 aliphatic heterocycles. The maximum absolute atomic E-state index is 12.8. The highest BCUT2D eigenvalue weighted by atomic mass is 19.4. The molecule has 0 spiro atoms. The summed E-state index contributed by atoms with van der Waals surface area (Å²) >= 11 is 0. The topological polar surface area (TPSA) is 64.3 Å². The quantitative estimate of drug-likeness (QED) is 0.893. The molecule has 1 fully saturated rings. The molecule has 1 aromatic rings. The lowest BCUT2D eigenvalue weighted by Crippen LogP contribution is -2.42. The molecule has 5 nitrogen and oxygen atoms in total. The Bertz CT molecular complexity index is 452. The van der Waals surface area contributed by atoms with Crippen LogP contribution in [0.5, 0.6) is 5.75 Å². The lowest BCUT2D eigenvalue weighted by Gasteiger charge is -2.34. The van der Waals surface area contributed by atoms with E-state index in [4.69, 9.17) is 10.5 Å². The number of nitrogens with two attached hydrogens (primary N) is 1. The van der Waals surface area contributed by atoms with Gasteiger partial charge in [-0.3, -0.25) is 0 Å². The lowest BCUT2D eigenvalue weighted by atomic mass is 9.97. The second kappa shape index (κ2) is 5.10. The third kappa shape index (κ3) is 2.82. The van der Waals surface area contributed by atoms with Crippen molar-refractivity contribution in [2.24, 2.45) is 5.92 Å². The van der Waals surface area contributed by atoms with Crippen molar-refractivity contribution in [2.75, 3.05) is 30.8 Å². The van der Waals surface area contributed by atoms with Crippen LogP contribution >= 0.6 is 0 Å². The van der Waals surface area contributed by atoms with Crippen LogP contribution in [0.25, 0.3) is 0 Å². The minimum absolute atomic E-state index is 0.127. The zero-order valence-electron chi connectivity index (χ0n) is 10.4. The zero-order valence-corrected chi connectivity index (χ0v) is 10.4. The van der Waals surface area contributed by atoms with Gasteiger partial charge >= 0.3 is 6.18 Å². The van der Waals surface area contributed by atoms with E-state index >= 15 is 0 Å². The van der Waals surface area contributed by atoms with Crippen LogP contribution in [0.3, 0.4) is 0 Å². The summed E-state index contributed by atoms with van der Waals surface area (Å²) in [5.74, 6) is -0.668. The van der Waals surface area contributed by atoms with Crippen LogP contribution in [0.15, 0.2) is 6.33 Å². The number of ether oxygens (including phenoxy) is 1. The van der Waals surface area contributed by atoms with Gasteiger partial charge in [0.1, 0.15) is 6.33 Å². The summed E-state index contributed by atoms with van der Waals surface area (Å²) < 4.78 is 43.4. The molecule has 2 rings (SSSR count). The molecule has 0 aromatic carbocycles. The van der Waals surface area contributed by atoms with E-state index in [0.29, 0.717) is 18.8 Å². The molecule has 19 heavy (non-hydrogen) atoms. The van der Waals surface area contributed by atoms with Crippen molar-refractivity contribution < 1.29 is 17.9 Å². The SMILES string of the molecule is COc1c(N)ncnc1N1CCCC(C(F)(F)F)C1. The number of anilines is 2. The minimum Gasteiger partial charge on any atom is -0.490 e. The summed E-state index contributed by atoms with van der Waals surface area (Å²) in [5.41, 5.74) is 5.63. The van der Waals surface area contributed by atoms with E-state index in [2.05, 4.69) is 9.97 Å². The predicted molar refractivity (Wildman–Crippen MR) is 64.0 cm³/mol. The fraction of sp³-hybridized carbons (Fsp3) is 0.636. The maximum atomic E-state index is 12.8. The van der Waals surface area contributed by atoms with E-state index in [0.717, 1.165) is 0 Å². The summed E-state index contributed by atoms with van der Waals surface area (Å²) in [4.78, 5) is 9.31. The monoisotopic (exact) mass is 276 g/mol. The molecule has 1 saturated heterocycles. The lowest BCUT2D eigenvalue weighted by molar-refractivity contribution is -0.176. The molecule has 8 heteroatoms. The molecule has 0 bridgehead atoms. The number of halogens is 3. The van der Waals surface area contributed by atoms with Gasteiger partial charge in [0, 0.05) is 13.1 Å². The van der Waals surface area contributed by atoms with Crippen molar-refractivity contribution in [2.45, 2.75) is 19.0 Å². The Hall–Kier alpha value is -1.73. The Morgan fingerprint density at radius 3 is 2.79 bits per heavy atom. The molecular weight excluding hydrogens is 261 g/mol. The van der Waals surface area contributed by atoms with Gasteiger partial charge in [-0.05, 0) is 12.8 Å². The van der Waals surface area contributed by atoms with Gasteiger partial charge < -0.3 is 15.4 Å². The highest BCUT2D eigenvalue weighted by Gasteiger charge is 2.42. The molecule has 1 unspecified atom stereocenters. The van der Waals surface area contributed by atoms with Gasteiger partial charge in [-0.15, -0.1) is 0 Å². The number of rotatable bonds is 2. The van der Waals surface area contributed by atoms with E-state index in [1.807, 2.05) is 0 Å². The van der Waals surface area contributed by atoms with Gasteiger partial charge in [0.2, 0.25) is 5.75 Å². The van der Waals surface area contributed by atoms with Crippen molar-refractivity contribution in [1.82, 2.24) is 9.97 Å². The van der Waals surface area contributed by atoms with Gasteiger partial charge in [-0.2, -0.15) is 13.2 Å². The van der Waals surface area contributed by atoms with Gasteiger partial charge in [-0.1, -0.05) is 0 Å². The van der Waals surface area contributed by atoms with Crippen LogP contribution in [-0.4, -0.2) is 36.3 Å². The summed E-state index contributed by atoms with van der Waals surface area (Å²) in [5, 5.41) is 0. The number of hydrogen-bond acceptors (Lipinski definition) is 5. The van der Waals surface area contributed by atoms with E-state index in [1.54, 1.807) is 4.90 Å². The Kier molecular flexibility index (Phi) is 3.68. The fourth-order valence-corrected chi connectivity index (χ4v) is 2.24. The van der Waals surface area contributed by atoms with Crippen LogP contribution in [0.4, 0.5) is 24.8 Å². The van der Waals surface area contributed by atoms with Gasteiger partial charge in [0.15, 0.2) is 11.6 Å². The fourth-order valence-electron chi connectivity index (χ4n) is 2.24. The van der Waals surface area contributed by atoms with Crippen molar-refractivity contribution in [3.8, 4) is 5.75 Å². The average Bonchev–Trinajstić information content (AvgIpc) is 2.37. The van der Waals surface area contributed by atoms with Crippen LogP contribution in [0, 0.1) is 5.92 Å². The van der Waals surface area contributed by atoms with E-state index in [-0.39, 0.29) is 24.5 Å². The predicted octanol–water partition coefficient (Wildman–Crippen LogP) is 1.85. The number of alkyl halides is 3. The molecule has 0 aliphatic carbocycles. The number of aromatic nitrogens is 2. The molecular formula is C11H15F3N4O. The van der Waals surface area contributed by atoms with Crippen molar-refractivity contribution in [1.29, 1.82) is 0 Å². The van der Waals surface area contributed by atoms with E-state index in [1.165, 1.54) is 13.4 Å². The molecule has 2 N–H and O–H groups in total. The first-order chi connectivity index (χ1) is 8.93. The summed E-state index contributed by atoms with van der Waals surface area (Å²) in [6.45, 7) is 0.371.